The van der Waals surface area contributed by atoms with Crippen molar-refractivity contribution in [3.8, 4) is 0 Å². The fraction of sp³-hybridized carbons (Fsp3) is 0.409. The van der Waals surface area contributed by atoms with Crippen molar-refractivity contribution < 1.29 is 17.9 Å². The van der Waals surface area contributed by atoms with Crippen LogP contribution in [0.2, 0.25) is 0 Å². The van der Waals surface area contributed by atoms with Gasteiger partial charge in [0, 0.05) is 36.7 Å². The molecule has 1 fully saturated rings. The van der Waals surface area contributed by atoms with Gasteiger partial charge in [0.25, 0.3) is 0 Å². The summed E-state index contributed by atoms with van der Waals surface area (Å²) in [6.45, 7) is 5.82. The van der Waals surface area contributed by atoms with Gasteiger partial charge in [0.2, 0.25) is 10.0 Å². The Kier molecular flexibility index (Phi) is 7.68. The third-order valence-corrected chi connectivity index (χ3v) is 7.58. The summed E-state index contributed by atoms with van der Waals surface area (Å²) in [5.74, 6) is -0.309. The molecule has 30 heavy (non-hydrogen) atoms. The Bertz CT molecular complexity index is 979. The fourth-order valence-corrected chi connectivity index (χ4v) is 5.54. The first-order valence-corrected chi connectivity index (χ1v) is 12.2. The molecule has 1 atom stereocenters. The highest BCUT2D eigenvalue weighted by atomic mass is 79.9. The number of esters is 1. The molecule has 0 spiro atoms. The summed E-state index contributed by atoms with van der Waals surface area (Å²) in [6, 6.07) is 14.6. The minimum absolute atomic E-state index is 0.155. The first-order valence-electron chi connectivity index (χ1n) is 10.0. The molecule has 1 unspecified atom stereocenters. The highest BCUT2D eigenvalue weighted by molar-refractivity contribution is 9.10. The number of hydrogen-bond acceptors (Lipinski definition) is 5. The van der Waals surface area contributed by atoms with E-state index >= 15 is 0 Å². The molecule has 1 saturated heterocycles. The monoisotopic (exact) mass is 494 g/mol. The molecular weight excluding hydrogens is 468 g/mol. The van der Waals surface area contributed by atoms with Crippen molar-refractivity contribution >= 4 is 31.9 Å². The standard InChI is InChI=1S/C22H27BrN2O4S/c1-3-29-22(26)14-20-16-25(30(27,28)21-9-7-17(2)8-10-21)12-11-24(20)15-18-5-4-6-19(23)13-18/h4-10,13,20H,3,11-12,14-16H2,1-2H3. The van der Waals surface area contributed by atoms with Gasteiger partial charge in [0.15, 0.2) is 0 Å². The number of carbonyl (C=O) groups is 1. The number of ether oxygens (including phenoxy) is 1. The first kappa shape index (κ1) is 22.9. The zero-order valence-electron chi connectivity index (χ0n) is 17.3. The van der Waals surface area contributed by atoms with Crippen molar-refractivity contribution in [2.24, 2.45) is 0 Å². The van der Waals surface area contributed by atoms with Gasteiger partial charge in [-0.05, 0) is 43.7 Å². The summed E-state index contributed by atoms with van der Waals surface area (Å²) < 4.78 is 33.9. The van der Waals surface area contributed by atoms with Crippen LogP contribution in [0, 0.1) is 6.92 Å². The molecule has 1 heterocycles. The van der Waals surface area contributed by atoms with E-state index in [-0.39, 0.29) is 29.9 Å². The molecule has 2 aromatic carbocycles. The lowest BCUT2D eigenvalue weighted by atomic mass is 10.1. The molecule has 0 aromatic heterocycles. The van der Waals surface area contributed by atoms with Crippen molar-refractivity contribution in [2.75, 3.05) is 26.2 Å². The fourth-order valence-electron chi connectivity index (χ4n) is 3.63. The first-order chi connectivity index (χ1) is 14.3. The van der Waals surface area contributed by atoms with E-state index in [0.717, 1.165) is 15.6 Å². The summed E-state index contributed by atoms with van der Waals surface area (Å²) in [4.78, 5) is 14.7. The van der Waals surface area contributed by atoms with Gasteiger partial charge in [-0.1, -0.05) is 45.8 Å². The Morgan fingerprint density at radius 2 is 1.90 bits per heavy atom. The number of nitrogens with zero attached hydrogens (tertiary/aromatic N) is 2. The molecule has 8 heteroatoms. The summed E-state index contributed by atoms with van der Waals surface area (Å²) in [7, 11) is -3.62. The molecule has 0 N–H and O–H groups in total. The molecule has 1 aliphatic rings. The van der Waals surface area contributed by atoms with Crippen LogP contribution in [0.1, 0.15) is 24.5 Å². The van der Waals surface area contributed by atoms with Gasteiger partial charge in [0.05, 0.1) is 17.9 Å². The van der Waals surface area contributed by atoms with Crippen LogP contribution in [-0.4, -0.2) is 55.9 Å². The largest absolute Gasteiger partial charge is 0.466 e. The molecule has 3 rings (SSSR count). The number of aryl methyl sites for hydroxylation is 1. The number of piperazine rings is 1. The van der Waals surface area contributed by atoms with E-state index < -0.39 is 10.0 Å². The van der Waals surface area contributed by atoms with E-state index in [0.29, 0.717) is 26.2 Å². The Hall–Kier alpha value is -1.74. The molecule has 162 valence electrons. The summed E-state index contributed by atoms with van der Waals surface area (Å²) in [6.07, 6.45) is 0.155. The zero-order valence-corrected chi connectivity index (χ0v) is 19.7. The maximum absolute atomic E-state index is 13.2. The summed E-state index contributed by atoms with van der Waals surface area (Å²) in [5, 5.41) is 0. The smallest absolute Gasteiger partial charge is 0.307 e. The number of rotatable bonds is 7. The lowest BCUT2D eigenvalue weighted by Gasteiger charge is -2.40. The average molecular weight is 495 g/mol. The van der Waals surface area contributed by atoms with Crippen molar-refractivity contribution in [3.63, 3.8) is 0 Å². The van der Waals surface area contributed by atoms with E-state index in [2.05, 4.69) is 20.8 Å². The Labute approximate surface area is 187 Å². The zero-order chi connectivity index (χ0) is 21.7. The van der Waals surface area contributed by atoms with Crippen LogP contribution in [-0.2, 0) is 26.1 Å². The minimum Gasteiger partial charge on any atom is -0.466 e. The number of benzene rings is 2. The maximum atomic E-state index is 13.2. The normalized spacial score (nSPS) is 18.3. The summed E-state index contributed by atoms with van der Waals surface area (Å²) >= 11 is 3.49. The molecular formula is C22H27BrN2O4S. The maximum Gasteiger partial charge on any atom is 0.307 e. The topological polar surface area (TPSA) is 66.9 Å². The summed E-state index contributed by atoms with van der Waals surface area (Å²) in [5.41, 5.74) is 2.11. The highest BCUT2D eigenvalue weighted by Gasteiger charge is 2.35. The second-order valence-electron chi connectivity index (χ2n) is 7.44. The van der Waals surface area contributed by atoms with Crippen LogP contribution in [0.4, 0.5) is 0 Å². The van der Waals surface area contributed by atoms with Crippen LogP contribution in [0.5, 0.6) is 0 Å². The predicted molar refractivity (Wildman–Crippen MR) is 120 cm³/mol. The van der Waals surface area contributed by atoms with E-state index in [4.69, 9.17) is 4.74 Å². The Balaban J connectivity index is 1.80. The van der Waals surface area contributed by atoms with Crippen molar-refractivity contribution in [3.05, 3.63) is 64.1 Å². The SMILES string of the molecule is CCOC(=O)CC1CN(S(=O)(=O)c2ccc(C)cc2)CCN1Cc1cccc(Br)c1. The molecule has 0 saturated carbocycles. The van der Waals surface area contributed by atoms with Crippen LogP contribution in [0.15, 0.2) is 57.9 Å². The van der Waals surface area contributed by atoms with Crippen molar-refractivity contribution in [2.45, 2.75) is 37.8 Å². The van der Waals surface area contributed by atoms with Crippen LogP contribution >= 0.6 is 15.9 Å². The minimum atomic E-state index is -3.62. The average Bonchev–Trinajstić information content (AvgIpc) is 2.70. The van der Waals surface area contributed by atoms with E-state index in [1.54, 1.807) is 31.2 Å². The lowest BCUT2D eigenvalue weighted by molar-refractivity contribution is -0.145. The second kappa shape index (κ2) is 10.0. The van der Waals surface area contributed by atoms with Gasteiger partial charge in [-0.15, -0.1) is 0 Å². The quantitative estimate of drug-likeness (QED) is 0.550. The Morgan fingerprint density at radius 3 is 2.57 bits per heavy atom. The number of halogens is 1. The van der Waals surface area contributed by atoms with Gasteiger partial charge in [0.1, 0.15) is 0 Å². The van der Waals surface area contributed by atoms with E-state index in [1.165, 1.54) is 4.31 Å². The third-order valence-electron chi connectivity index (χ3n) is 5.21. The van der Waals surface area contributed by atoms with Crippen LogP contribution in [0.3, 0.4) is 0 Å². The van der Waals surface area contributed by atoms with E-state index in [9.17, 15) is 13.2 Å². The molecule has 6 nitrogen and oxygen atoms in total. The number of hydrogen-bond donors (Lipinski definition) is 0. The highest BCUT2D eigenvalue weighted by Crippen LogP contribution is 2.24. The number of sulfonamides is 1. The van der Waals surface area contributed by atoms with Gasteiger partial charge in [-0.3, -0.25) is 9.69 Å². The van der Waals surface area contributed by atoms with Gasteiger partial charge >= 0.3 is 5.97 Å². The van der Waals surface area contributed by atoms with Crippen LogP contribution in [0.25, 0.3) is 0 Å². The van der Waals surface area contributed by atoms with Crippen molar-refractivity contribution in [1.29, 1.82) is 0 Å². The molecule has 0 bridgehead atoms. The van der Waals surface area contributed by atoms with Gasteiger partial charge in [-0.25, -0.2) is 8.42 Å². The van der Waals surface area contributed by atoms with E-state index in [1.807, 2.05) is 31.2 Å². The molecule has 0 radical (unpaired) electrons. The lowest BCUT2D eigenvalue weighted by Crippen LogP contribution is -2.54. The van der Waals surface area contributed by atoms with Crippen molar-refractivity contribution in [1.82, 2.24) is 9.21 Å². The van der Waals surface area contributed by atoms with Gasteiger partial charge < -0.3 is 4.74 Å². The predicted octanol–water partition coefficient (Wildman–Crippen LogP) is 3.59. The van der Waals surface area contributed by atoms with Crippen LogP contribution < -0.4 is 0 Å². The molecule has 1 aliphatic heterocycles. The third kappa shape index (κ3) is 5.69. The number of carbonyl (C=O) groups excluding carboxylic acids is 1. The molecule has 2 aromatic rings. The van der Waals surface area contributed by atoms with Gasteiger partial charge in [-0.2, -0.15) is 4.31 Å². The molecule has 0 aliphatic carbocycles. The molecule has 0 amide bonds. The second-order valence-corrected chi connectivity index (χ2v) is 10.3. The Morgan fingerprint density at radius 1 is 1.17 bits per heavy atom.